The summed E-state index contributed by atoms with van der Waals surface area (Å²) in [6.45, 7) is 5.90. The lowest BCUT2D eigenvalue weighted by atomic mass is 10.2. The SMILES string of the molecule is Cc1cccc(C=N)c1.Nc1cc(N2CCOCC2)cc(OCCOc2ccccn2)n1. The molecule has 2 aromatic heterocycles. The largest absolute Gasteiger partial charge is 0.474 e. The molecule has 3 N–H and O–H groups in total. The van der Waals surface area contributed by atoms with E-state index in [0.29, 0.717) is 30.8 Å². The minimum Gasteiger partial charge on any atom is -0.474 e. The average molecular weight is 436 g/mol. The summed E-state index contributed by atoms with van der Waals surface area (Å²) in [5.74, 6) is 1.51. The van der Waals surface area contributed by atoms with E-state index in [0.717, 1.165) is 37.6 Å². The summed E-state index contributed by atoms with van der Waals surface area (Å²) in [7, 11) is 0. The molecular formula is C24H29N5O3. The van der Waals surface area contributed by atoms with Crippen LogP contribution in [0.25, 0.3) is 0 Å². The van der Waals surface area contributed by atoms with Crippen molar-refractivity contribution in [1.29, 1.82) is 5.41 Å². The van der Waals surface area contributed by atoms with Gasteiger partial charge in [-0.15, -0.1) is 0 Å². The Morgan fingerprint density at radius 1 is 1.03 bits per heavy atom. The molecular weight excluding hydrogens is 406 g/mol. The van der Waals surface area contributed by atoms with E-state index in [1.54, 1.807) is 12.3 Å². The fourth-order valence-corrected chi connectivity index (χ4v) is 3.07. The van der Waals surface area contributed by atoms with Gasteiger partial charge in [-0.25, -0.2) is 4.98 Å². The Kier molecular flexibility index (Phi) is 8.82. The van der Waals surface area contributed by atoms with Crippen molar-refractivity contribution in [3.8, 4) is 11.8 Å². The fraction of sp³-hybridized carbons (Fsp3) is 0.292. The number of nitrogens with two attached hydrogens (primary N) is 1. The number of ether oxygens (including phenoxy) is 3. The zero-order chi connectivity index (χ0) is 22.6. The Morgan fingerprint density at radius 3 is 2.47 bits per heavy atom. The molecule has 1 aliphatic heterocycles. The number of nitrogens with one attached hydrogen (secondary N) is 1. The van der Waals surface area contributed by atoms with Gasteiger partial charge in [-0.1, -0.05) is 35.9 Å². The number of nitrogen functional groups attached to an aromatic ring is 1. The first-order valence-corrected chi connectivity index (χ1v) is 10.5. The predicted octanol–water partition coefficient (Wildman–Crippen LogP) is 3.35. The van der Waals surface area contributed by atoms with Gasteiger partial charge in [-0.2, -0.15) is 4.98 Å². The molecule has 8 nitrogen and oxygen atoms in total. The van der Waals surface area contributed by atoms with E-state index in [-0.39, 0.29) is 0 Å². The van der Waals surface area contributed by atoms with E-state index in [1.165, 1.54) is 11.8 Å². The van der Waals surface area contributed by atoms with Crippen LogP contribution in [0.2, 0.25) is 0 Å². The van der Waals surface area contributed by atoms with E-state index in [9.17, 15) is 0 Å². The minimum atomic E-state index is 0.371. The van der Waals surface area contributed by atoms with Crippen LogP contribution in [0.3, 0.4) is 0 Å². The summed E-state index contributed by atoms with van der Waals surface area (Å²) in [6.07, 6.45) is 3.04. The predicted molar refractivity (Wildman–Crippen MR) is 126 cm³/mol. The van der Waals surface area contributed by atoms with Crippen molar-refractivity contribution in [2.24, 2.45) is 0 Å². The van der Waals surface area contributed by atoms with Gasteiger partial charge in [-0.3, -0.25) is 0 Å². The summed E-state index contributed by atoms with van der Waals surface area (Å²) in [5.41, 5.74) is 9.04. The molecule has 0 unspecified atom stereocenters. The molecule has 1 fully saturated rings. The number of pyridine rings is 2. The van der Waals surface area contributed by atoms with Crippen molar-refractivity contribution in [2.45, 2.75) is 6.92 Å². The Morgan fingerprint density at radius 2 is 1.81 bits per heavy atom. The third-order valence-electron chi connectivity index (χ3n) is 4.61. The summed E-state index contributed by atoms with van der Waals surface area (Å²) in [6, 6.07) is 17.1. The molecule has 0 saturated carbocycles. The number of nitrogens with zero attached hydrogens (tertiary/aromatic N) is 3. The highest BCUT2D eigenvalue weighted by Crippen LogP contribution is 2.23. The number of rotatable bonds is 7. The maximum Gasteiger partial charge on any atom is 0.217 e. The van der Waals surface area contributed by atoms with Crippen molar-refractivity contribution in [3.05, 3.63) is 71.9 Å². The first kappa shape index (κ1) is 23.0. The number of aromatic nitrogens is 2. The van der Waals surface area contributed by atoms with Crippen LogP contribution in [0, 0.1) is 12.3 Å². The molecule has 3 aromatic rings. The van der Waals surface area contributed by atoms with Crippen LogP contribution in [0.15, 0.2) is 60.8 Å². The van der Waals surface area contributed by atoms with Crippen molar-refractivity contribution in [3.63, 3.8) is 0 Å². The van der Waals surface area contributed by atoms with E-state index in [4.69, 9.17) is 25.4 Å². The van der Waals surface area contributed by atoms with E-state index in [1.807, 2.05) is 55.5 Å². The number of aryl methyl sites for hydroxylation is 1. The van der Waals surface area contributed by atoms with Gasteiger partial charge in [0.15, 0.2) is 0 Å². The zero-order valence-electron chi connectivity index (χ0n) is 18.2. The maximum absolute atomic E-state index is 6.92. The van der Waals surface area contributed by atoms with Gasteiger partial charge in [0.25, 0.3) is 0 Å². The summed E-state index contributed by atoms with van der Waals surface area (Å²) in [5, 5.41) is 6.92. The van der Waals surface area contributed by atoms with Crippen molar-refractivity contribution < 1.29 is 14.2 Å². The molecule has 4 rings (SSSR count). The lowest BCUT2D eigenvalue weighted by molar-refractivity contribution is 0.122. The van der Waals surface area contributed by atoms with Crippen LogP contribution >= 0.6 is 0 Å². The number of morpholine rings is 1. The van der Waals surface area contributed by atoms with Gasteiger partial charge in [0, 0.05) is 49.4 Å². The monoisotopic (exact) mass is 435 g/mol. The summed E-state index contributed by atoms with van der Waals surface area (Å²) in [4.78, 5) is 10.5. The molecule has 0 atom stereocenters. The second-order valence-electron chi connectivity index (χ2n) is 7.11. The molecule has 3 heterocycles. The highest BCUT2D eigenvalue weighted by Gasteiger charge is 2.13. The van der Waals surface area contributed by atoms with Crippen molar-refractivity contribution >= 4 is 17.7 Å². The summed E-state index contributed by atoms with van der Waals surface area (Å²) >= 11 is 0. The second-order valence-corrected chi connectivity index (χ2v) is 7.11. The topological polar surface area (TPSA) is 107 Å². The van der Waals surface area contributed by atoms with E-state index in [2.05, 4.69) is 14.9 Å². The van der Waals surface area contributed by atoms with Crippen molar-refractivity contribution in [1.82, 2.24) is 9.97 Å². The number of hydrogen-bond donors (Lipinski definition) is 2. The quantitative estimate of drug-likeness (QED) is 0.433. The molecule has 0 spiro atoms. The van der Waals surface area contributed by atoms with Gasteiger partial charge >= 0.3 is 0 Å². The maximum atomic E-state index is 6.92. The smallest absolute Gasteiger partial charge is 0.217 e. The van der Waals surface area contributed by atoms with Crippen LogP contribution in [-0.4, -0.2) is 55.7 Å². The van der Waals surface area contributed by atoms with Crippen LogP contribution in [0.5, 0.6) is 11.8 Å². The molecule has 0 amide bonds. The molecule has 1 aliphatic rings. The molecule has 1 saturated heterocycles. The number of hydrogen-bond acceptors (Lipinski definition) is 8. The third kappa shape index (κ3) is 7.55. The first-order valence-electron chi connectivity index (χ1n) is 10.5. The minimum absolute atomic E-state index is 0.371. The lowest BCUT2D eigenvalue weighted by Crippen LogP contribution is -2.36. The van der Waals surface area contributed by atoms with Gasteiger partial charge in [0.2, 0.25) is 11.8 Å². The van der Waals surface area contributed by atoms with Crippen LogP contribution in [0.1, 0.15) is 11.1 Å². The lowest BCUT2D eigenvalue weighted by Gasteiger charge is -2.29. The number of anilines is 2. The van der Waals surface area contributed by atoms with Gasteiger partial charge in [0.05, 0.1) is 13.2 Å². The van der Waals surface area contributed by atoms with Crippen LogP contribution < -0.4 is 20.1 Å². The Labute approximate surface area is 188 Å². The molecule has 0 aliphatic carbocycles. The van der Waals surface area contributed by atoms with Gasteiger partial charge < -0.3 is 30.3 Å². The molecule has 1 aromatic carbocycles. The summed E-state index contributed by atoms with van der Waals surface area (Å²) < 4.78 is 16.5. The number of benzene rings is 1. The molecule has 32 heavy (non-hydrogen) atoms. The van der Waals surface area contributed by atoms with Crippen LogP contribution in [0.4, 0.5) is 11.5 Å². The Bertz CT molecular complexity index is 978. The van der Waals surface area contributed by atoms with Gasteiger partial charge in [-0.05, 0) is 18.6 Å². The zero-order valence-corrected chi connectivity index (χ0v) is 18.2. The molecule has 0 radical (unpaired) electrons. The standard InChI is InChI=1S/C16H20N4O3.C8H9N/c17-14-11-13(20-5-7-21-8-6-20)12-16(19-14)23-10-9-22-15-3-1-2-4-18-15;1-7-3-2-4-8(5-7)6-9/h1-4,11-12H,5-10H2,(H2,17,19);2-6,9H,1H3. The highest BCUT2D eigenvalue weighted by molar-refractivity contribution is 5.76. The van der Waals surface area contributed by atoms with Crippen molar-refractivity contribution in [2.75, 3.05) is 50.2 Å². The molecule has 0 bridgehead atoms. The normalized spacial score (nSPS) is 13.0. The Hall–Kier alpha value is -3.65. The van der Waals surface area contributed by atoms with E-state index >= 15 is 0 Å². The van der Waals surface area contributed by atoms with Crippen LogP contribution in [-0.2, 0) is 4.74 Å². The first-order chi connectivity index (χ1) is 15.6. The molecule has 8 heteroatoms. The Balaban J connectivity index is 0.000000269. The fourth-order valence-electron chi connectivity index (χ4n) is 3.07. The third-order valence-corrected chi connectivity index (χ3v) is 4.61. The second kappa shape index (κ2) is 12.3. The van der Waals surface area contributed by atoms with E-state index < -0.39 is 0 Å². The average Bonchev–Trinajstić information content (AvgIpc) is 2.83. The highest BCUT2D eigenvalue weighted by atomic mass is 16.5. The van der Waals surface area contributed by atoms with Gasteiger partial charge in [0.1, 0.15) is 19.0 Å². The molecule has 168 valence electrons.